The lowest BCUT2D eigenvalue weighted by molar-refractivity contribution is -0.123. The average Bonchev–Trinajstić information content (AvgIpc) is 3.37. The molecule has 2 atom stereocenters. The van der Waals surface area contributed by atoms with Crippen LogP contribution in [0.2, 0.25) is 0 Å². The van der Waals surface area contributed by atoms with Crippen molar-refractivity contribution in [3.63, 3.8) is 0 Å². The molecule has 0 radical (unpaired) electrons. The van der Waals surface area contributed by atoms with Crippen molar-refractivity contribution in [3.8, 4) is 0 Å². The number of rotatable bonds is 61. The Kier molecular flexibility index (Phi) is 61.7. The van der Waals surface area contributed by atoms with E-state index < -0.39 is 12.1 Å². The molecule has 0 saturated carbocycles. The Hall–Kier alpha value is -1.39. The van der Waals surface area contributed by atoms with Gasteiger partial charge in [-0.2, -0.15) is 0 Å². The zero-order chi connectivity index (χ0) is 51.3. The summed E-state index contributed by atoms with van der Waals surface area (Å²) in [4.78, 5) is 12.5. The fourth-order valence-corrected chi connectivity index (χ4v) is 10.4. The summed E-state index contributed by atoms with van der Waals surface area (Å²) in [7, 11) is 0. The van der Waals surface area contributed by atoms with E-state index in [-0.39, 0.29) is 12.5 Å². The Morgan fingerprint density at radius 3 is 0.817 bits per heavy atom. The molecule has 420 valence electrons. The predicted octanol–water partition coefficient (Wildman–Crippen LogP) is 22.0. The molecule has 0 aliphatic heterocycles. The van der Waals surface area contributed by atoms with Gasteiger partial charge in [0.05, 0.1) is 18.8 Å². The Balaban J connectivity index is 3.40. The molecular weight excluding hydrogens is 867 g/mol. The van der Waals surface area contributed by atoms with Gasteiger partial charge in [0, 0.05) is 6.42 Å². The minimum Gasteiger partial charge on any atom is -0.394 e. The molecule has 0 bridgehead atoms. The molecular formula is C67H129NO3. The third-order valence-electron chi connectivity index (χ3n) is 15.4. The van der Waals surface area contributed by atoms with Crippen LogP contribution in [-0.4, -0.2) is 34.9 Å². The molecule has 0 aromatic carbocycles. The highest BCUT2D eigenvalue weighted by atomic mass is 16.3. The smallest absolute Gasteiger partial charge is 0.220 e. The van der Waals surface area contributed by atoms with E-state index in [0.29, 0.717) is 6.42 Å². The molecule has 0 fully saturated rings. The molecule has 0 aliphatic rings. The fourth-order valence-electron chi connectivity index (χ4n) is 10.4. The first-order valence-corrected chi connectivity index (χ1v) is 32.7. The van der Waals surface area contributed by atoms with Crippen molar-refractivity contribution in [1.29, 1.82) is 0 Å². The van der Waals surface area contributed by atoms with E-state index in [4.69, 9.17) is 0 Å². The first kappa shape index (κ1) is 69.6. The fraction of sp³-hybridized carbons (Fsp3) is 0.896. The van der Waals surface area contributed by atoms with Gasteiger partial charge in [-0.25, -0.2) is 0 Å². The quantitative estimate of drug-likeness (QED) is 0.0420. The molecule has 0 heterocycles. The van der Waals surface area contributed by atoms with Crippen molar-refractivity contribution < 1.29 is 15.0 Å². The van der Waals surface area contributed by atoms with Crippen molar-refractivity contribution in [2.45, 2.75) is 379 Å². The van der Waals surface area contributed by atoms with E-state index in [1.807, 2.05) is 6.08 Å². The summed E-state index contributed by atoms with van der Waals surface area (Å²) in [6.07, 6.45) is 86.6. The zero-order valence-electron chi connectivity index (χ0n) is 48.5. The molecule has 0 aromatic rings. The Morgan fingerprint density at radius 1 is 0.324 bits per heavy atom. The van der Waals surface area contributed by atoms with Crippen LogP contribution in [0.15, 0.2) is 36.5 Å². The van der Waals surface area contributed by atoms with E-state index in [0.717, 1.165) is 38.5 Å². The number of allylic oxidation sites excluding steroid dienone is 5. The van der Waals surface area contributed by atoms with Gasteiger partial charge in [-0.1, -0.05) is 352 Å². The van der Waals surface area contributed by atoms with Gasteiger partial charge in [0.1, 0.15) is 0 Å². The second-order valence-electron chi connectivity index (χ2n) is 22.5. The second kappa shape index (κ2) is 62.9. The third kappa shape index (κ3) is 59.4. The summed E-state index contributed by atoms with van der Waals surface area (Å²) < 4.78 is 0. The molecule has 0 aromatic heterocycles. The lowest BCUT2D eigenvalue weighted by atomic mass is 10.0. The lowest BCUT2D eigenvalue weighted by Crippen LogP contribution is -2.45. The Morgan fingerprint density at radius 2 is 0.549 bits per heavy atom. The largest absolute Gasteiger partial charge is 0.394 e. The van der Waals surface area contributed by atoms with Crippen LogP contribution in [-0.2, 0) is 4.79 Å². The number of carbonyl (C=O) groups is 1. The highest BCUT2D eigenvalue weighted by Crippen LogP contribution is 2.19. The number of unbranched alkanes of at least 4 members (excludes halogenated alkanes) is 50. The first-order chi connectivity index (χ1) is 35.2. The number of hydrogen-bond donors (Lipinski definition) is 3. The van der Waals surface area contributed by atoms with Gasteiger partial charge < -0.3 is 15.5 Å². The molecule has 4 nitrogen and oxygen atoms in total. The van der Waals surface area contributed by atoms with Crippen molar-refractivity contribution in [3.05, 3.63) is 36.5 Å². The van der Waals surface area contributed by atoms with Crippen LogP contribution >= 0.6 is 0 Å². The SMILES string of the molecule is CCCCCCCCCCC/C=C/CC/C=C/CC/C=C/C(O)C(CO)NC(=O)CCCCCCCCCCCCCCCCCCCCCCCCCCCCCCCCCCCCCCCCCC. The summed E-state index contributed by atoms with van der Waals surface area (Å²) in [6.45, 7) is 4.33. The number of amides is 1. The van der Waals surface area contributed by atoms with Gasteiger partial charge >= 0.3 is 0 Å². The average molecular weight is 997 g/mol. The molecule has 0 spiro atoms. The molecule has 3 N–H and O–H groups in total. The minimum absolute atomic E-state index is 0.0710. The van der Waals surface area contributed by atoms with E-state index >= 15 is 0 Å². The highest BCUT2D eigenvalue weighted by molar-refractivity contribution is 5.76. The predicted molar refractivity (Wildman–Crippen MR) is 318 cm³/mol. The van der Waals surface area contributed by atoms with Gasteiger partial charge in [-0.15, -0.1) is 0 Å². The summed E-state index contributed by atoms with van der Waals surface area (Å²) in [5, 5.41) is 23.2. The second-order valence-corrected chi connectivity index (χ2v) is 22.5. The van der Waals surface area contributed by atoms with E-state index in [9.17, 15) is 15.0 Å². The van der Waals surface area contributed by atoms with Gasteiger partial charge in [-0.3, -0.25) is 4.79 Å². The Bertz CT molecular complexity index is 1080. The maximum Gasteiger partial charge on any atom is 0.220 e. The number of carbonyl (C=O) groups excluding carboxylic acids is 1. The molecule has 0 aliphatic carbocycles. The van der Waals surface area contributed by atoms with Crippen LogP contribution in [0.3, 0.4) is 0 Å². The van der Waals surface area contributed by atoms with Crippen molar-refractivity contribution in [2.24, 2.45) is 0 Å². The van der Waals surface area contributed by atoms with Gasteiger partial charge in [0.25, 0.3) is 0 Å². The maximum atomic E-state index is 12.5. The van der Waals surface area contributed by atoms with Crippen LogP contribution in [0, 0.1) is 0 Å². The minimum atomic E-state index is -0.869. The van der Waals surface area contributed by atoms with Crippen LogP contribution in [0.1, 0.15) is 367 Å². The van der Waals surface area contributed by atoms with Gasteiger partial charge in [0.2, 0.25) is 5.91 Å². The Labute approximate surface area is 446 Å². The number of hydrogen-bond acceptors (Lipinski definition) is 3. The van der Waals surface area contributed by atoms with Crippen molar-refractivity contribution >= 4 is 5.91 Å². The maximum absolute atomic E-state index is 12.5. The number of aliphatic hydroxyl groups excluding tert-OH is 2. The zero-order valence-corrected chi connectivity index (χ0v) is 48.5. The summed E-state index contributed by atoms with van der Waals surface area (Å²) in [6, 6.07) is -0.644. The number of aliphatic hydroxyl groups is 2. The number of nitrogens with one attached hydrogen (secondary N) is 1. The standard InChI is InChI=1S/C67H129NO3/c1-3-5-7-9-11-13-15-17-19-21-23-24-25-26-27-28-29-30-31-32-33-34-35-36-37-38-39-40-41-42-43-45-47-49-51-53-55-57-59-61-63-67(71)68-65(64-69)66(70)62-60-58-56-54-52-50-48-46-44-22-20-18-16-14-12-10-8-6-4-2/h44,46,52,54,60,62,65-66,69-70H,3-43,45,47-51,53,55-59,61,63-64H2,1-2H3,(H,68,71)/b46-44+,54-52+,62-60+. The molecule has 1 amide bonds. The first-order valence-electron chi connectivity index (χ1n) is 32.7. The van der Waals surface area contributed by atoms with Crippen LogP contribution < -0.4 is 5.32 Å². The topological polar surface area (TPSA) is 69.6 Å². The van der Waals surface area contributed by atoms with Crippen LogP contribution in [0.5, 0.6) is 0 Å². The highest BCUT2D eigenvalue weighted by Gasteiger charge is 2.18. The summed E-state index contributed by atoms with van der Waals surface area (Å²) >= 11 is 0. The molecule has 0 saturated heterocycles. The molecule has 0 rings (SSSR count). The third-order valence-corrected chi connectivity index (χ3v) is 15.4. The summed E-state index contributed by atoms with van der Waals surface area (Å²) in [5.41, 5.74) is 0. The normalized spacial score (nSPS) is 12.9. The lowest BCUT2D eigenvalue weighted by Gasteiger charge is -2.19. The summed E-state index contributed by atoms with van der Waals surface area (Å²) in [5.74, 6) is -0.0710. The van der Waals surface area contributed by atoms with Crippen molar-refractivity contribution in [1.82, 2.24) is 5.32 Å². The van der Waals surface area contributed by atoms with Crippen molar-refractivity contribution in [2.75, 3.05) is 6.61 Å². The van der Waals surface area contributed by atoms with E-state index in [1.165, 1.54) is 308 Å². The van der Waals surface area contributed by atoms with Gasteiger partial charge in [-0.05, 0) is 44.9 Å². The van der Waals surface area contributed by atoms with Crippen LogP contribution in [0.25, 0.3) is 0 Å². The van der Waals surface area contributed by atoms with E-state index in [2.05, 4.69) is 43.5 Å². The van der Waals surface area contributed by atoms with Crippen LogP contribution in [0.4, 0.5) is 0 Å². The monoisotopic (exact) mass is 996 g/mol. The van der Waals surface area contributed by atoms with E-state index in [1.54, 1.807) is 6.08 Å². The molecule has 4 heteroatoms. The van der Waals surface area contributed by atoms with Gasteiger partial charge in [0.15, 0.2) is 0 Å². The molecule has 71 heavy (non-hydrogen) atoms. The molecule has 2 unspecified atom stereocenters.